The molecule has 1 aliphatic heterocycles. The highest BCUT2D eigenvalue weighted by molar-refractivity contribution is 7.89. The number of anilines is 1. The fourth-order valence-corrected chi connectivity index (χ4v) is 6.23. The van der Waals surface area contributed by atoms with Crippen LogP contribution in [0.3, 0.4) is 0 Å². The van der Waals surface area contributed by atoms with E-state index in [2.05, 4.69) is 0 Å². The summed E-state index contributed by atoms with van der Waals surface area (Å²) in [6.45, 7) is 2.22. The lowest BCUT2D eigenvalue weighted by Crippen LogP contribution is -2.26. The van der Waals surface area contributed by atoms with Gasteiger partial charge in [-0.15, -0.1) is 0 Å². The first kappa shape index (κ1) is 28.4. The van der Waals surface area contributed by atoms with E-state index >= 15 is 0 Å². The first-order chi connectivity index (χ1) is 17.3. The van der Waals surface area contributed by atoms with E-state index < -0.39 is 30.0 Å². The fraction of sp³-hybridized carbons (Fsp3) is 0.154. The number of allylic oxidation sites excluding steroid dienone is 1. The molecule has 1 heterocycles. The maximum Gasteiger partial charge on any atom is 0.216 e. The van der Waals surface area contributed by atoms with Gasteiger partial charge < -0.3 is 4.90 Å². The van der Waals surface area contributed by atoms with E-state index in [4.69, 9.17) is 69.6 Å². The minimum absolute atomic E-state index is 0.106. The second-order valence-corrected chi connectivity index (χ2v) is 13.9. The maximum absolute atomic E-state index is 13.9. The third kappa shape index (κ3) is 5.74. The van der Waals surface area contributed by atoms with Gasteiger partial charge in [0.15, 0.2) is 11.6 Å². The molecule has 3 aromatic carbocycles. The number of fused-ring (bicyclic) bond motifs is 1. The Hall–Kier alpha value is -1.57. The van der Waals surface area contributed by atoms with E-state index in [1.54, 1.807) is 29.2 Å². The molecule has 0 fully saturated rings. The molecule has 3 aromatic rings. The Kier molecular flexibility index (Phi) is 8.37. The van der Waals surface area contributed by atoms with E-state index in [9.17, 15) is 13.8 Å². The zero-order valence-corrected chi connectivity index (χ0v) is 24.3. The summed E-state index contributed by atoms with van der Waals surface area (Å²) in [5.74, 6) is -1.25. The Bertz CT molecular complexity index is 1350. The van der Waals surface area contributed by atoms with Crippen molar-refractivity contribution in [2.75, 3.05) is 11.4 Å². The number of para-hydroxylation sites is 1. The van der Waals surface area contributed by atoms with Gasteiger partial charge in [0, 0.05) is 28.8 Å². The summed E-state index contributed by atoms with van der Waals surface area (Å²) in [6, 6.07) is 18.8. The van der Waals surface area contributed by atoms with Gasteiger partial charge in [-0.25, -0.2) is 4.21 Å². The number of hydrogen-bond acceptors (Lipinski definition) is 4. The Labute approximate surface area is 246 Å². The van der Waals surface area contributed by atoms with Crippen LogP contribution < -0.4 is 4.90 Å². The second-order valence-electron chi connectivity index (χ2n) is 7.97. The highest BCUT2D eigenvalue weighted by Crippen LogP contribution is 2.42. The first-order valence-corrected chi connectivity index (χ1v) is 14.2. The summed E-state index contributed by atoms with van der Waals surface area (Å²) in [4.78, 5) is 30.0. The van der Waals surface area contributed by atoms with Crippen molar-refractivity contribution < 1.29 is 13.8 Å². The van der Waals surface area contributed by atoms with Gasteiger partial charge >= 0.3 is 0 Å². The lowest BCUT2D eigenvalue weighted by Gasteiger charge is -2.21. The molecule has 0 aromatic heterocycles. The minimum Gasteiger partial charge on any atom is -0.332 e. The molecule has 37 heavy (non-hydrogen) atoms. The predicted molar refractivity (Wildman–Crippen MR) is 153 cm³/mol. The second kappa shape index (κ2) is 10.9. The van der Waals surface area contributed by atoms with Gasteiger partial charge in [0.2, 0.25) is 7.59 Å². The first-order valence-electron chi connectivity index (χ1n) is 10.8. The van der Waals surface area contributed by atoms with E-state index in [1.807, 2.05) is 6.92 Å². The molecular formula is C26H17Cl6NO3S. The minimum atomic E-state index is -1.78. The van der Waals surface area contributed by atoms with Crippen molar-refractivity contribution in [3.05, 3.63) is 106 Å². The number of Topliss-reactive ketones (excluding diaryl/α,β-unsaturated/α-hetero) is 2. The van der Waals surface area contributed by atoms with Gasteiger partial charge in [0.05, 0.1) is 10.6 Å². The SMILES string of the molecule is CCN1C(=C(C(=O)c2ccc(C(Cl)(Cl)Cl)cc2)C(=O)c2ccc(C(Cl)(Cl)Cl)cc2)S(=O)c2ccccc21. The van der Waals surface area contributed by atoms with Gasteiger partial charge in [-0.1, -0.05) is 130 Å². The smallest absolute Gasteiger partial charge is 0.216 e. The monoisotopic (exact) mass is 633 g/mol. The molecule has 1 unspecified atom stereocenters. The van der Waals surface area contributed by atoms with E-state index in [0.29, 0.717) is 28.3 Å². The number of nitrogens with zero attached hydrogens (tertiary/aromatic N) is 1. The predicted octanol–water partition coefficient (Wildman–Crippen LogP) is 8.26. The zero-order chi connectivity index (χ0) is 27.1. The van der Waals surface area contributed by atoms with Crippen LogP contribution in [0.25, 0.3) is 0 Å². The molecule has 1 aliphatic rings. The quantitative estimate of drug-likeness (QED) is 0.0931. The number of carbonyl (C=O) groups excluding carboxylic acids is 2. The maximum atomic E-state index is 13.9. The van der Waals surface area contributed by atoms with Crippen LogP contribution >= 0.6 is 69.6 Å². The molecule has 11 heteroatoms. The van der Waals surface area contributed by atoms with Gasteiger partial charge in [0.25, 0.3) is 0 Å². The van der Waals surface area contributed by atoms with Gasteiger partial charge in [-0.3, -0.25) is 9.59 Å². The number of rotatable bonds is 5. The van der Waals surface area contributed by atoms with Crippen molar-refractivity contribution in [1.82, 2.24) is 0 Å². The van der Waals surface area contributed by atoms with Crippen LogP contribution in [0.4, 0.5) is 5.69 Å². The Morgan fingerprint density at radius 1 is 0.730 bits per heavy atom. The van der Waals surface area contributed by atoms with Crippen LogP contribution in [-0.4, -0.2) is 22.3 Å². The highest BCUT2D eigenvalue weighted by atomic mass is 35.6. The van der Waals surface area contributed by atoms with Gasteiger partial charge in [-0.05, 0) is 19.1 Å². The van der Waals surface area contributed by atoms with Crippen LogP contribution in [0.15, 0.2) is 88.3 Å². The number of halogens is 6. The molecular weight excluding hydrogens is 619 g/mol. The zero-order valence-electron chi connectivity index (χ0n) is 19.0. The lowest BCUT2D eigenvalue weighted by atomic mass is 9.95. The summed E-state index contributed by atoms with van der Waals surface area (Å²) < 4.78 is 10.3. The van der Waals surface area contributed by atoms with E-state index in [1.165, 1.54) is 48.5 Å². The Morgan fingerprint density at radius 2 is 1.16 bits per heavy atom. The molecule has 0 spiro atoms. The van der Waals surface area contributed by atoms with E-state index in [-0.39, 0.29) is 21.7 Å². The number of alkyl halides is 6. The van der Waals surface area contributed by atoms with Crippen molar-refractivity contribution in [1.29, 1.82) is 0 Å². The topological polar surface area (TPSA) is 54.5 Å². The summed E-state index contributed by atoms with van der Waals surface area (Å²) >= 11 is 35.7. The molecule has 0 saturated carbocycles. The largest absolute Gasteiger partial charge is 0.332 e. The number of ketones is 2. The summed E-state index contributed by atoms with van der Waals surface area (Å²) in [5, 5.41) is 0.106. The average molecular weight is 636 g/mol. The molecule has 0 aliphatic carbocycles. The van der Waals surface area contributed by atoms with Crippen LogP contribution in [0, 0.1) is 0 Å². The molecule has 192 valence electrons. The van der Waals surface area contributed by atoms with E-state index in [0.717, 1.165) is 0 Å². The molecule has 0 saturated heterocycles. The normalized spacial score (nSPS) is 15.5. The Balaban J connectivity index is 1.89. The number of carbonyl (C=O) groups is 2. The third-order valence-electron chi connectivity index (χ3n) is 5.71. The number of benzene rings is 3. The standard InChI is InChI=1S/C26H17Cl6NO3S/c1-2-33-19-5-3-4-6-20(19)37(36)24(33)21(22(34)15-7-11-17(12-8-15)25(27,28)29)23(35)16-9-13-18(14-10-16)26(30,31)32/h3-14H,2H2,1H3. The third-order valence-corrected chi connectivity index (χ3v) is 8.54. The molecule has 0 N–H and O–H groups in total. The molecule has 0 bridgehead atoms. The highest BCUT2D eigenvalue weighted by Gasteiger charge is 2.38. The Morgan fingerprint density at radius 3 is 1.57 bits per heavy atom. The van der Waals surface area contributed by atoms with Crippen molar-refractivity contribution in [2.24, 2.45) is 0 Å². The summed E-state index contributed by atoms with van der Waals surface area (Å²) in [6.07, 6.45) is 0. The van der Waals surface area contributed by atoms with Crippen LogP contribution in [0.1, 0.15) is 38.8 Å². The van der Waals surface area contributed by atoms with Crippen molar-refractivity contribution in [2.45, 2.75) is 19.4 Å². The van der Waals surface area contributed by atoms with Gasteiger partial charge in [0.1, 0.15) is 21.4 Å². The molecule has 0 radical (unpaired) electrons. The fourth-order valence-electron chi connectivity index (χ4n) is 3.90. The van der Waals surface area contributed by atoms with Gasteiger partial charge in [-0.2, -0.15) is 0 Å². The number of hydrogen-bond donors (Lipinski definition) is 0. The molecule has 0 amide bonds. The lowest BCUT2D eigenvalue weighted by molar-refractivity contribution is 0.0961. The van der Waals surface area contributed by atoms with Crippen LogP contribution in [-0.2, 0) is 18.4 Å². The van der Waals surface area contributed by atoms with Crippen LogP contribution in [0.5, 0.6) is 0 Å². The average Bonchev–Trinajstić information content (AvgIpc) is 3.14. The van der Waals surface area contributed by atoms with Crippen LogP contribution in [0.2, 0.25) is 0 Å². The van der Waals surface area contributed by atoms with Crippen molar-refractivity contribution in [3.63, 3.8) is 0 Å². The van der Waals surface area contributed by atoms with Crippen molar-refractivity contribution >= 4 is 97.7 Å². The molecule has 1 atom stereocenters. The summed E-state index contributed by atoms with van der Waals surface area (Å²) in [5.41, 5.74) is 1.45. The van der Waals surface area contributed by atoms with Crippen molar-refractivity contribution in [3.8, 4) is 0 Å². The molecule has 4 rings (SSSR count). The molecule has 4 nitrogen and oxygen atoms in total. The summed E-state index contributed by atoms with van der Waals surface area (Å²) in [7, 11) is -1.78.